The fraction of sp³-hybridized carbons (Fsp3) is 0.500. The molecule has 1 fully saturated rings. The number of rotatable bonds is 4. The number of carbonyl (C=O) groups excluding carboxylic acids is 3. The first-order valence-corrected chi connectivity index (χ1v) is 12.0. The normalized spacial score (nSPS) is 18.1. The zero-order valence-corrected chi connectivity index (χ0v) is 21.3. The lowest BCUT2D eigenvalue weighted by molar-refractivity contribution is -0.146. The van der Waals surface area contributed by atoms with Crippen LogP contribution in [0.3, 0.4) is 0 Å². The molecule has 3 amide bonds. The molecule has 0 spiro atoms. The van der Waals surface area contributed by atoms with E-state index < -0.39 is 23.5 Å². The SMILES string of the molecule is CCc1cc(NC(=O)C(=O)N2CC(C)CCC2c2ccc(C)nc2)cnc1NC(=O)OC(C)(C)C. The molecule has 2 aromatic rings. The molecule has 3 rings (SSSR count). The van der Waals surface area contributed by atoms with Crippen LogP contribution in [0.5, 0.6) is 0 Å². The lowest BCUT2D eigenvalue weighted by Gasteiger charge is -2.38. The Hall–Kier alpha value is -3.49. The second-order valence-electron chi connectivity index (χ2n) is 10.1. The number of hydrogen-bond donors (Lipinski definition) is 2. The summed E-state index contributed by atoms with van der Waals surface area (Å²) >= 11 is 0. The van der Waals surface area contributed by atoms with Crippen molar-refractivity contribution in [2.75, 3.05) is 17.2 Å². The van der Waals surface area contributed by atoms with Gasteiger partial charge >= 0.3 is 17.9 Å². The number of aromatic nitrogens is 2. The van der Waals surface area contributed by atoms with Crippen LogP contribution in [0.25, 0.3) is 0 Å². The summed E-state index contributed by atoms with van der Waals surface area (Å²) in [6, 6.07) is 5.39. The van der Waals surface area contributed by atoms with E-state index in [1.807, 2.05) is 26.0 Å². The van der Waals surface area contributed by atoms with Gasteiger partial charge in [0.25, 0.3) is 0 Å². The molecule has 2 unspecified atom stereocenters. The van der Waals surface area contributed by atoms with E-state index in [1.165, 1.54) is 6.20 Å². The highest BCUT2D eigenvalue weighted by molar-refractivity contribution is 6.39. The summed E-state index contributed by atoms with van der Waals surface area (Å²) in [5.74, 6) is -0.659. The predicted molar refractivity (Wildman–Crippen MR) is 134 cm³/mol. The van der Waals surface area contributed by atoms with Crippen LogP contribution in [-0.2, 0) is 20.7 Å². The summed E-state index contributed by atoms with van der Waals surface area (Å²) in [7, 11) is 0. The summed E-state index contributed by atoms with van der Waals surface area (Å²) in [5, 5.41) is 5.32. The maximum absolute atomic E-state index is 13.2. The Kier molecular flexibility index (Phi) is 8.09. The third-order valence-electron chi connectivity index (χ3n) is 5.82. The highest BCUT2D eigenvalue weighted by atomic mass is 16.6. The van der Waals surface area contributed by atoms with Gasteiger partial charge in [-0.25, -0.2) is 9.78 Å². The van der Waals surface area contributed by atoms with Crippen molar-refractivity contribution < 1.29 is 19.1 Å². The molecule has 0 aromatic carbocycles. The van der Waals surface area contributed by atoms with Crippen molar-refractivity contribution in [2.24, 2.45) is 5.92 Å². The Balaban J connectivity index is 1.73. The minimum atomic E-state index is -0.721. The number of ether oxygens (including phenoxy) is 1. The summed E-state index contributed by atoms with van der Waals surface area (Å²) in [4.78, 5) is 48.5. The third kappa shape index (κ3) is 7.00. The number of amides is 3. The van der Waals surface area contributed by atoms with Crippen molar-refractivity contribution in [3.05, 3.63) is 47.4 Å². The van der Waals surface area contributed by atoms with Gasteiger partial charge in [0.15, 0.2) is 0 Å². The molecule has 9 heteroatoms. The van der Waals surface area contributed by atoms with Crippen LogP contribution in [-0.4, -0.2) is 44.9 Å². The van der Waals surface area contributed by atoms with Crippen molar-refractivity contribution in [2.45, 2.75) is 72.4 Å². The third-order valence-corrected chi connectivity index (χ3v) is 5.82. The Morgan fingerprint density at radius 3 is 2.49 bits per heavy atom. The molecular weight excluding hydrogens is 446 g/mol. The number of aryl methyl sites for hydroxylation is 2. The Morgan fingerprint density at radius 2 is 1.86 bits per heavy atom. The van der Waals surface area contributed by atoms with Gasteiger partial charge in [0.1, 0.15) is 11.4 Å². The van der Waals surface area contributed by atoms with Gasteiger partial charge in [0.05, 0.1) is 17.9 Å². The Morgan fingerprint density at radius 1 is 1.11 bits per heavy atom. The van der Waals surface area contributed by atoms with E-state index in [9.17, 15) is 14.4 Å². The quantitative estimate of drug-likeness (QED) is 0.616. The van der Waals surface area contributed by atoms with Crippen LogP contribution in [0.4, 0.5) is 16.3 Å². The molecule has 1 saturated heterocycles. The molecule has 0 aliphatic carbocycles. The number of nitrogens with zero attached hydrogens (tertiary/aromatic N) is 3. The topological polar surface area (TPSA) is 114 Å². The van der Waals surface area contributed by atoms with Gasteiger partial charge in [-0.1, -0.05) is 19.9 Å². The number of nitrogens with one attached hydrogen (secondary N) is 2. The molecule has 0 radical (unpaired) electrons. The minimum absolute atomic E-state index is 0.192. The number of pyridine rings is 2. The van der Waals surface area contributed by atoms with Crippen LogP contribution in [0.1, 0.15) is 70.3 Å². The highest BCUT2D eigenvalue weighted by Crippen LogP contribution is 2.33. The van der Waals surface area contributed by atoms with Crippen LogP contribution < -0.4 is 10.6 Å². The zero-order valence-electron chi connectivity index (χ0n) is 21.3. The van der Waals surface area contributed by atoms with E-state index in [0.29, 0.717) is 36.0 Å². The van der Waals surface area contributed by atoms with E-state index in [2.05, 4.69) is 27.5 Å². The number of hydrogen-bond acceptors (Lipinski definition) is 6. The number of anilines is 2. The predicted octanol–water partition coefficient (Wildman–Crippen LogP) is 4.63. The van der Waals surface area contributed by atoms with Crippen LogP contribution >= 0.6 is 0 Å². The lowest BCUT2D eigenvalue weighted by Crippen LogP contribution is -2.46. The second kappa shape index (κ2) is 10.8. The molecule has 0 saturated carbocycles. The molecule has 0 bridgehead atoms. The highest BCUT2D eigenvalue weighted by Gasteiger charge is 2.34. The molecule has 2 N–H and O–H groups in total. The molecule has 35 heavy (non-hydrogen) atoms. The summed E-state index contributed by atoms with van der Waals surface area (Å²) < 4.78 is 5.28. The maximum Gasteiger partial charge on any atom is 0.413 e. The van der Waals surface area contributed by atoms with Gasteiger partial charge < -0.3 is 15.0 Å². The summed E-state index contributed by atoms with van der Waals surface area (Å²) in [6.07, 6.45) is 4.89. The zero-order chi connectivity index (χ0) is 25.8. The lowest BCUT2D eigenvalue weighted by atomic mass is 9.90. The van der Waals surface area contributed by atoms with Crippen molar-refractivity contribution in [3.8, 4) is 0 Å². The molecule has 9 nitrogen and oxygen atoms in total. The van der Waals surface area contributed by atoms with Gasteiger partial charge in [0, 0.05) is 18.4 Å². The average molecular weight is 482 g/mol. The minimum Gasteiger partial charge on any atom is -0.444 e. The fourth-order valence-electron chi connectivity index (χ4n) is 4.08. The Labute approximate surface area is 206 Å². The first-order valence-electron chi connectivity index (χ1n) is 12.0. The molecule has 1 aliphatic heterocycles. The summed E-state index contributed by atoms with van der Waals surface area (Å²) in [5.41, 5.74) is 2.28. The average Bonchev–Trinajstić information content (AvgIpc) is 2.79. The number of likely N-dealkylation sites (tertiary alicyclic amines) is 1. The molecule has 2 aromatic heterocycles. The second-order valence-corrected chi connectivity index (χ2v) is 10.1. The van der Waals surface area contributed by atoms with E-state index in [1.54, 1.807) is 37.9 Å². The number of carbonyl (C=O) groups is 3. The molecule has 3 heterocycles. The van der Waals surface area contributed by atoms with Gasteiger partial charge in [-0.05, 0) is 76.1 Å². The smallest absolute Gasteiger partial charge is 0.413 e. The van der Waals surface area contributed by atoms with Crippen LogP contribution in [0.2, 0.25) is 0 Å². The van der Waals surface area contributed by atoms with E-state index >= 15 is 0 Å². The first kappa shape index (κ1) is 26.1. The fourth-order valence-corrected chi connectivity index (χ4v) is 4.08. The van der Waals surface area contributed by atoms with E-state index in [0.717, 1.165) is 24.1 Å². The molecule has 188 valence electrons. The van der Waals surface area contributed by atoms with E-state index in [4.69, 9.17) is 4.74 Å². The van der Waals surface area contributed by atoms with Crippen molar-refractivity contribution >= 4 is 29.4 Å². The standard InChI is InChI=1S/C26H35N5O4/c1-7-18-12-20(14-28-22(18)30-25(34)35-26(4,5)6)29-23(32)24(33)31-15-16(2)8-11-21(31)19-10-9-17(3)27-13-19/h9-10,12-14,16,21H,7-8,11,15H2,1-6H3,(H,29,32)(H,28,30,34). The van der Waals surface area contributed by atoms with Crippen molar-refractivity contribution in [3.63, 3.8) is 0 Å². The number of piperidine rings is 1. The maximum atomic E-state index is 13.2. The van der Waals surface area contributed by atoms with Crippen LogP contribution in [0.15, 0.2) is 30.6 Å². The first-order chi connectivity index (χ1) is 16.5. The molecular formula is C26H35N5O4. The van der Waals surface area contributed by atoms with Gasteiger partial charge in [-0.2, -0.15) is 0 Å². The Bertz CT molecular complexity index is 1080. The van der Waals surface area contributed by atoms with Gasteiger partial charge in [-0.15, -0.1) is 0 Å². The molecule has 1 aliphatic rings. The van der Waals surface area contributed by atoms with E-state index in [-0.39, 0.29) is 6.04 Å². The largest absolute Gasteiger partial charge is 0.444 e. The molecule has 2 atom stereocenters. The van der Waals surface area contributed by atoms with Crippen LogP contribution in [0, 0.1) is 12.8 Å². The summed E-state index contributed by atoms with van der Waals surface area (Å²) in [6.45, 7) is 11.7. The van der Waals surface area contributed by atoms with Crippen molar-refractivity contribution in [1.82, 2.24) is 14.9 Å². The monoisotopic (exact) mass is 481 g/mol. The van der Waals surface area contributed by atoms with Gasteiger partial charge in [-0.3, -0.25) is 19.9 Å². The van der Waals surface area contributed by atoms with Crippen molar-refractivity contribution in [1.29, 1.82) is 0 Å². The van der Waals surface area contributed by atoms with Gasteiger partial charge in [0.2, 0.25) is 0 Å².